The number of unbranched alkanes of at least 4 members (excludes halogenated alkanes) is 1. The molecule has 2 nitrogen and oxygen atoms in total. The summed E-state index contributed by atoms with van der Waals surface area (Å²) in [5.41, 5.74) is 1.25. The van der Waals surface area contributed by atoms with Gasteiger partial charge in [-0.15, -0.1) is 0 Å². The van der Waals surface area contributed by atoms with Crippen molar-refractivity contribution in [3.8, 4) is 0 Å². The predicted octanol–water partition coefficient (Wildman–Crippen LogP) is 3.53. The van der Waals surface area contributed by atoms with E-state index in [9.17, 15) is 0 Å². The first-order chi connectivity index (χ1) is 8.09. The van der Waals surface area contributed by atoms with E-state index in [0.717, 1.165) is 29.1 Å². The SMILES string of the molecule is CN(C)CCCCNCc1ccc(Cl)cc1Br. The standard InChI is InChI=1S/C13H20BrClN2/c1-17(2)8-4-3-7-16-10-11-5-6-12(15)9-13(11)14/h5-6,9,16H,3-4,7-8,10H2,1-2H3. The number of benzene rings is 1. The van der Waals surface area contributed by atoms with E-state index in [1.54, 1.807) is 0 Å². The molecular formula is C13H20BrClN2. The summed E-state index contributed by atoms with van der Waals surface area (Å²) in [7, 11) is 4.22. The van der Waals surface area contributed by atoms with Gasteiger partial charge in [0.1, 0.15) is 0 Å². The highest BCUT2D eigenvalue weighted by Crippen LogP contribution is 2.21. The van der Waals surface area contributed by atoms with Gasteiger partial charge in [-0.2, -0.15) is 0 Å². The van der Waals surface area contributed by atoms with Crippen LogP contribution in [0.4, 0.5) is 0 Å². The number of nitrogens with one attached hydrogen (secondary N) is 1. The zero-order valence-electron chi connectivity index (χ0n) is 10.5. The molecule has 0 unspecified atom stereocenters. The molecule has 0 heterocycles. The van der Waals surface area contributed by atoms with E-state index in [0.29, 0.717) is 0 Å². The van der Waals surface area contributed by atoms with Gasteiger partial charge in [0.15, 0.2) is 0 Å². The lowest BCUT2D eigenvalue weighted by atomic mass is 10.2. The summed E-state index contributed by atoms with van der Waals surface area (Å²) in [6.07, 6.45) is 2.45. The Labute approximate surface area is 117 Å². The second-order valence-electron chi connectivity index (χ2n) is 4.42. The molecule has 0 aliphatic carbocycles. The molecule has 0 fully saturated rings. The molecule has 0 aromatic heterocycles. The van der Waals surface area contributed by atoms with Gasteiger partial charge in [-0.3, -0.25) is 0 Å². The monoisotopic (exact) mass is 318 g/mol. The summed E-state index contributed by atoms with van der Waals surface area (Å²) in [6, 6.07) is 5.92. The zero-order valence-corrected chi connectivity index (χ0v) is 12.8. The second kappa shape index (κ2) is 8.09. The van der Waals surface area contributed by atoms with Crippen molar-refractivity contribution in [3.05, 3.63) is 33.3 Å². The van der Waals surface area contributed by atoms with Gasteiger partial charge in [-0.1, -0.05) is 33.6 Å². The molecule has 4 heteroatoms. The fourth-order valence-corrected chi connectivity index (χ4v) is 2.39. The van der Waals surface area contributed by atoms with Crippen LogP contribution in [0.15, 0.2) is 22.7 Å². The molecule has 0 radical (unpaired) electrons. The van der Waals surface area contributed by atoms with Gasteiger partial charge in [0, 0.05) is 16.0 Å². The maximum absolute atomic E-state index is 5.89. The Bertz CT molecular complexity index is 342. The molecule has 0 saturated heterocycles. The Balaban J connectivity index is 2.18. The lowest BCUT2D eigenvalue weighted by molar-refractivity contribution is 0.391. The fourth-order valence-electron chi connectivity index (χ4n) is 1.57. The van der Waals surface area contributed by atoms with E-state index in [2.05, 4.69) is 46.3 Å². The van der Waals surface area contributed by atoms with Gasteiger partial charge in [-0.25, -0.2) is 0 Å². The first-order valence-corrected chi connectivity index (χ1v) is 7.06. The van der Waals surface area contributed by atoms with Gasteiger partial charge in [0.2, 0.25) is 0 Å². The molecule has 0 saturated carbocycles. The van der Waals surface area contributed by atoms with E-state index in [1.807, 2.05) is 12.1 Å². The normalized spacial score (nSPS) is 11.1. The number of halogens is 2. The van der Waals surface area contributed by atoms with E-state index >= 15 is 0 Å². The number of rotatable bonds is 7. The molecule has 1 N–H and O–H groups in total. The molecular weight excluding hydrogens is 300 g/mol. The minimum atomic E-state index is 0.770. The van der Waals surface area contributed by atoms with E-state index in [4.69, 9.17) is 11.6 Å². The lowest BCUT2D eigenvalue weighted by Crippen LogP contribution is -2.18. The van der Waals surface area contributed by atoms with Crippen molar-refractivity contribution < 1.29 is 0 Å². The number of hydrogen-bond donors (Lipinski definition) is 1. The zero-order chi connectivity index (χ0) is 12.7. The van der Waals surface area contributed by atoms with Crippen molar-refractivity contribution in [1.29, 1.82) is 0 Å². The Morgan fingerprint density at radius 1 is 1.29 bits per heavy atom. The Kier molecular flexibility index (Phi) is 7.12. The second-order valence-corrected chi connectivity index (χ2v) is 5.71. The first-order valence-electron chi connectivity index (χ1n) is 5.89. The molecule has 0 spiro atoms. The van der Waals surface area contributed by atoms with Crippen molar-refractivity contribution in [1.82, 2.24) is 10.2 Å². The van der Waals surface area contributed by atoms with Crippen molar-refractivity contribution in [2.45, 2.75) is 19.4 Å². The third kappa shape index (κ3) is 6.41. The van der Waals surface area contributed by atoms with Crippen LogP contribution >= 0.6 is 27.5 Å². The summed E-state index contributed by atoms with van der Waals surface area (Å²) in [4.78, 5) is 2.22. The van der Waals surface area contributed by atoms with Crippen molar-refractivity contribution >= 4 is 27.5 Å². The van der Waals surface area contributed by atoms with Gasteiger partial charge in [0.05, 0.1) is 0 Å². The molecule has 0 aliphatic rings. The first kappa shape index (κ1) is 15.0. The highest BCUT2D eigenvalue weighted by Gasteiger charge is 2.00. The molecule has 0 aliphatic heterocycles. The van der Waals surface area contributed by atoms with Gasteiger partial charge >= 0.3 is 0 Å². The Hall–Kier alpha value is -0.0900. The van der Waals surface area contributed by atoms with Crippen LogP contribution in [0.25, 0.3) is 0 Å². The molecule has 96 valence electrons. The summed E-state index contributed by atoms with van der Waals surface area (Å²) < 4.78 is 1.07. The minimum absolute atomic E-state index is 0.770. The molecule has 1 aromatic rings. The predicted molar refractivity (Wildman–Crippen MR) is 78.6 cm³/mol. The maximum atomic E-state index is 5.89. The average Bonchev–Trinajstić information content (AvgIpc) is 2.25. The average molecular weight is 320 g/mol. The van der Waals surface area contributed by atoms with Crippen LogP contribution in [0.2, 0.25) is 5.02 Å². The van der Waals surface area contributed by atoms with E-state index in [1.165, 1.54) is 18.4 Å². The van der Waals surface area contributed by atoms with Gasteiger partial charge < -0.3 is 10.2 Å². The molecule has 0 amide bonds. The fraction of sp³-hybridized carbons (Fsp3) is 0.538. The summed E-state index contributed by atoms with van der Waals surface area (Å²) in [5.74, 6) is 0. The van der Waals surface area contributed by atoms with Crippen LogP contribution in [0, 0.1) is 0 Å². The quantitative estimate of drug-likeness (QED) is 0.773. The minimum Gasteiger partial charge on any atom is -0.313 e. The van der Waals surface area contributed by atoms with Crippen LogP contribution in [0.3, 0.4) is 0 Å². The molecule has 0 atom stereocenters. The Morgan fingerprint density at radius 2 is 2.06 bits per heavy atom. The Morgan fingerprint density at radius 3 is 2.71 bits per heavy atom. The summed E-state index contributed by atoms with van der Waals surface area (Å²) in [5, 5.41) is 4.21. The number of nitrogens with zero attached hydrogens (tertiary/aromatic N) is 1. The molecule has 1 aromatic carbocycles. The van der Waals surface area contributed by atoms with Gasteiger partial charge in [0.25, 0.3) is 0 Å². The van der Waals surface area contributed by atoms with Crippen molar-refractivity contribution in [2.75, 3.05) is 27.2 Å². The van der Waals surface area contributed by atoms with E-state index in [-0.39, 0.29) is 0 Å². The lowest BCUT2D eigenvalue weighted by Gasteiger charge is -2.10. The van der Waals surface area contributed by atoms with Crippen LogP contribution in [-0.4, -0.2) is 32.1 Å². The molecule has 17 heavy (non-hydrogen) atoms. The van der Waals surface area contributed by atoms with Crippen LogP contribution in [0.5, 0.6) is 0 Å². The van der Waals surface area contributed by atoms with Crippen LogP contribution in [-0.2, 0) is 6.54 Å². The van der Waals surface area contributed by atoms with Crippen LogP contribution in [0.1, 0.15) is 18.4 Å². The van der Waals surface area contributed by atoms with Crippen molar-refractivity contribution in [3.63, 3.8) is 0 Å². The molecule has 0 bridgehead atoms. The molecule has 1 rings (SSSR count). The summed E-state index contributed by atoms with van der Waals surface area (Å²) in [6.45, 7) is 3.11. The smallest absolute Gasteiger partial charge is 0.0417 e. The maximum Gasteiger partial charge on any atom is 0.0417 e. The summed E-state index contributed by atoms with van der Waals surface area (Å²) >= 11 is 9.41. The third-order valence-electron chi connectivity index (χ3n) is 2.54. The third-order valence-corrected chi connectivity index (χ3v) is 3.51. The number of hydrogen-bond acceptors (Lipinski definition) is 2. The van der Waals surface area contributed by atoms with Crippen molar-refractivity contribution in [2.24, 2.45) is 0 Å². The highest BCUT2D eigenvalue weighted by molar-refractivity contribution is 9.10. The van der Waals surface area contributed by atoms with Gasteiger partial charge in [-0.05, 0) is 57.7 Å². The van der Waals surface area contributed by atoms with Crippen LogP contribution < -0.4 is 5.32 Å². The largest absolute Gasteiger partial charge is 0.313 e. The van der Waals surface area contributed by atoms with E-state index < -0.39 is 0 Å². The highest BCUT2D eigenvalue weighted by atomic mass is 79.9. The topological polar surface area (TPSA) is 15.3 Å².